The third kappa shape index (κ3) is 4.53. The quantitative estimate of drug-likeness (QED) is 0.855. The van der Waals surface area contributed by atoms with Crippen LogP contribution in [0, 0.1) is 0 Å². The van der Waals surface area contributed by atoms with Crippen LogP contribution in [0.5, 0.6) is 5.75 Å². The second kappa shape index (κ2) is 7.33. The summed E-state index contributed by atoms with van der Waals surface area (Å²) >= 11 is 0. The minimum Gasteiger partial charge on any atom is -0.484 e. The average molecular weight is 284 g/mol. The Hall–Kier alpha value is -2.49. The highest BCUT2D eigenvalue weighted by molar-refractivity contribution is 5.91. The van der Waals surface area contributed by atoms with E-state index in [1.54, 1.807) is 0 Å². The average Bonchev–Trinajstić information content (AvgIpc) is 2.53. The van der Waals surface area contributed by atoms with Crippen LogP contribution < -0.4 is 15.4 Å². The van der Waals surface area contributed by atoms with Gasteiger partial charge in [-0.3, -0.25) is 4.79 Å². The van der Waals surface area contributed by atoms with Gasteiger partial charge >= 0.3 is 0 Å². The Morgan fingerprint density at radius 1 is 1.10 bits per heavy atom. The molecule has 0 aliphatic rings. The molecular formula is C17H20N2O2. The number of carbonyl (C=O) groups excluding carboxylic acids is 1. The Bertz CT molecular complexity index is 594. The van der Waals surface area contributed by atoms with Crippen molar-refractivity contribution in [2.75, 3.05) is 24.3 Å². The summed E-state index contributed by atoms with van der Waals surface area (Å²) in [5.74, 6) is 0.507. The third-order valence-electron chi connectivity index (χ3n) is 3.13. The molecule has 2 aromatic carbocycles. The molecule has 4 heteroatoms. The Kier molecular flexibility index (Phi) is 5.21. The first-order valence-corrected chi connectivity index (χ1v) is 7.00. The van der Waals surface area contributed by atoms with Crippen LogP contribution in [0.15, 0.2) is 48.5 Å². The molecule has 2 aromatic rings. The number of aryl methyl sites for hydroxylation is 1. The second-order valence-electron chi connectivity index (χ2n) is 4.67. The fourth-order valence-corrected chi connectivity index (χ4v) is 1.93. The summed E-state index contributed by atoms with van der Waals surface area (Å²) in [5, 5.41) is 5.86. The van der Waals surface area contributed by atoms with Crippen molar-refractivity contribution in [2.24, 2.45) is 0 Å². The number of amides is 1. The van der Waals surface area contributed by atoms with Crippen LogP contribution in [0.1, 0.15) is 12.5 Å². The molecule has 0 spiro atoms. The Morgan fingerprint density at radius 3 is 2.52 bits per heavy atom. The zero-order valence-electron chi connectivity index (χ0n) is 12.3. The van der Waals surface area contributed by atoms with Crippen molar-refractivity contribution in [1.29, 1.82) is 0 Å². The summed E-state index contributed by atoms with van der Waals surface area (Å²) in [6.45, 7) is 2.08. The van der Waals surface area contributed by atoms with Gasteiger partial charge < -0.3 is 15.4 Å². The van der Waals surface area contributed by atoms with Gasteiger partial charge in [-0.1, -0.05) is 19.1 Å². The summed E-state index contributed by atoms with van der Waals surface area (Å²) in [7, 11) is 1.85. The topological polar surface area (TPSA) is 50.4 Å². The van der Waals surface area contributed by atoms with Crippen molar-refractivity contribution in [1.82, 2.24) is 0 Å². The van der Waals surface area contributed by atoms with Gasteiger partial charge in [0.1, 0.15) is 5.75 Å². The van der Waals surface area contributed by atoms with Gasteiger partial charge in [-0.15, -0.1) is 0 Å². The summed E-state index contributed by atoms with van der Waals surface area (Å²) < 4.78 is 5.46. The minimum atomic E-state index is -0.166. The van der Waals surface area contributed by atoms with E-state index in [0.717, 1.165) is 17.8 Å². The van der Waals surface area contributed by atoms with E-state index in [9.17, 15) is 4.79 Å². The molecule has 0 aliphatic heterocycles. The van der Waals surface area contributed by atoms with Crippen LogP contribution in [0.4, 0.5) is 11.4 Å². The normalized spacial score (nSPS) is 10.0. The number of benzene rings is 2. The minimum absolute atomic E-state index is 0.00471. The number of hydrogen-bond donors (Lipinski definition) is 2. The van der Waals surface area contributed by atoms with Gasteiger partial charge in [0.15, 0.2) is 6.61 Å². The zero-order chi connectivity index (χ0) is 15.1. The van der Waals surface area contributed by atoms with Crippen molar-refractivity contribution < 1.29 is 9.53 Å². The maximum absolute atomic E-state index is 11.9. The van der Waals surface area contributed by atoms with Crippen LogP contribution in [0.2, 0.25) is 0 Å². The van der Waals surface area contributed by atoms with Crippen LogP contribution in [-0.2, 0) is 11.2 Å². The molecular weight excluding hydrogens is 264 g/mol. The smallest absolute Gasteiger partial charge is 0.262 e. The maximum Gasteiger partial charge on any atom is 0.262 e. The summed E-state index contributed by atoms with van der Waals surface area (Å²) in [5.41, 5.74) is 2.99. The van der Waals surface area contributed by atoms with Crippen LogP contribution >= 0.6 is 0 Å². The lowest BCUT2D eigenvalue weighted by Crippen LogP contribution is -2.20. The number of carbonyl (C=O) groups is 1. The van der Waals surface area contributed by atoms with Crippen molar-refractivity contribution in [3.63, 3.8) is 0 Å². The van der Waals surface area contributed by atoms with Gasteiger partial charge in [0.2, 0.25) is 0 Å². The second-order valence-corrected chi connectivity index (χ2v) is 4.67. The molecule has 21 heavy (non-hydrogen) atoms. The van der Waals surface area contributed by atoms with Gasteiger partial charge in [0.05, 0.1) is 0 Å². The molecule has 0 saturated heterocycles. The number of anilines is 2. The SMILES string of the molecule is CCc1cccc(NC(=O)COc2ccc(NC)cc2)c1. The fourth-order valence-electron chi connectivity index (χ4n) is 1.93. The lowest BCUT2D eigenvalue weighted by atomic mass is 10.1. The van der Waals surface area contributed by atoms with E-state index in [1.807, 2.05) is 55.6 Å². The first-order chi connectivity index (χ1) is 10.2. The van der Waals surface area contributed by atoms with E-state index in [-0.39, 0.29) is 12.5 Å². The van der Waals surface area contributed by atoms with E-state index in [4.69, 9.17) is 4.74 Å². The lowest BCUT2D eigenvalue weighted by molar-refractivity contribution is -0.118. The van der Waals surface area contributed by atoms with Crippen LogP contribution in [0.25, 0.3) is 0 Å². The van der Waals surface area contributed by atoms with E-state index < -0.39 is 0 Å². The molecule has 2 N–H and O–H groups in total. The fraction of sp³-hybridized carbons (Fsp3) is 0.235. The lowest BCUT2D eigenvalue weighted by Gasteiger charge is -2.09. The number of hydrogen-bond acceptors (Lipinski definition) is 3. The van der Waals surface area contributed by atoms with Gasteiger partial charge in [0, 0.05) is 18.4 Å². The van der Waals surface area contributed by atoms with Crippen molar-refractivity contribution in [3.05, 3.63) is 54.1 Å². The van der Waals surface area contributed by atoms with Crippen molar-refractivity contribution in [2.45, 2.75) is 13.3 Å². The molecule has 0 unspecified atom stereocenters. The van der Waals surface area contributed by atoms with Gasteiger partial charge in [-0.25, -0.2) is 0 Å². The number of nitrogens with one attached hydrogen (secondary N) is 2. The Labute approximate surface area is 125 Å². The molecule has 0 bridgehead atoms. The van der Waals surface area contributed by atoms with Gasteiger partial charge in [0.25, 0.3) is 5.91 Å². The largest absolute Gasteiger partial charge is 0.484 e. The first-order valence-electron chi connectivity index (χ1n) is 7.00. The first kappa shape index (κ1) is 14.9. The third-order valence-corrected chi connectivity index (χ3v) is 3.13. The van der Waals surface area contributed by atoms with Crippen LogP contribution in [0.3, 0.4) is 0 Å². The van der Waals surface area contributed by atoms with Crippen LogP contribution in [-0.4, -0.2) is 19.6 Å². The molecule has 0 aromatic heterocycles. The Morgan fingerprint density at radius 2 is 1.86 bits per heavy atom. The Balaban J connectivity index is 1.86. The highest BCUT2D eigenvalue weighted by Crippen LogP contribution is 2.15. The van der Waals surface area contributed by atoms with Crippen molar-refractivity contribution >= 4 is 17.3 Å². The molecule has 0 heterocycles. The van der Waals surface area contributed by atoms with Crippen molar-refractivity contribution in [3.8, 4) is 5.75 Å². The molecule has 0 fully saturated rings. The summed E-state index contributed by atoms with van der Waals surface area (Å²) in [6, 6.07) is 15.3. The van der Waals surface area contributed by atoms with Gasteiger partial charge in [-0.05, 0) is 48.4 Å². The molecule has 0 aliphatic carbocycles. The van der Waals surface area contributed by atoms with E-state index in [0.29, 0.717) is 5.75 Å². The number of rotatable bonds is 6. The van der Waals surface area contributed by atoms with Gasteiger partial charge in [-0.2, -0.15) is 0 Å². The predicted molar refractivity (Wildman–Crippen MR) is 85.9 cm³/mol. The molecule has 2 rings (SSSR count). The molecule has 0 radical (unpaired) electrons. The molecule has 0 atom stereocenters. The van der Waals surface area contributed by atoms with E-state index in [2.05, 4.69) is 17.6 Å². The summed E-state index contributed by atoms with van der Waals surface area (Å²) in [6.07, 6.45) is 0.942. The standard InChI is InChI=1S/C17H20N2O2/c1-3-13-5-4-6-15(11-13)19-17(20)12-21-16-9-7-14(18-2)8-10-16/h4-11,18H,3,12H2,1-2H3,(H,19,20). The molecule has 4 nitrogen and oxygen atoms in total. The molecule has 0 saturated carbocycles. The predicted octanol–water partition coefficient (Wildman–Crippen LogP) is 3.31. The zero-order valence-corrected chi connectivity index (χ0v) is 12.3. The monoisotopic (exact) mass is 284 g/mol. The summed E-state index contributed by atoms with van der Waals surface area (Å²) in [4.78, 5) is 11.9. The highest BCUT2D eigenvalue weighted by atomic mass is 16.5. The van der Waals surface area contributed by atoms with E-state index in [1.165, 1.54) is 5.56 Å². The van der Waals surface area contributed by atoms with E-state index >= 15 is 0 Å². The maximum atomic E-state index is 11.9. The number of ether oxygens (including phenoxy) is 1. The molecule has 1 amide bonds. The molecule has 110 valence electrons. The highest BCUT2D eigenvalue weighted by Gasteiger charge is 2.04.